The van der Waals surface area contributed by atoms with Crippen LogP contribution in [0.15, 0.2) is 18.2 Å². The number of hydrogen-bond donors (Lipinski definition) is 2. The van der Waals surface area contributed by atoms with Gasteiger partial charge in [0.25, 0.3) is 0 Å². The Balaban J connectivity index is 0.00000242. The van der Waals surface area contributed by atoms with E-state index >= 15 is 0 Å². The minimum Gasteiger partial charge on any atom is -0.507 e. The Morgan fingerprint density at radius 1 is 1.26 bits per heavy atom. The number of alkyl halides is 3. The van der Waals surface area contributed by atoms with Gasteiger partial charge in [0.2, 0.25) is 0 Å². The van der Waals surface area contributed by atoms with Gasteiger partial charge in [-0.2, -0.15) is 13.2 Å². The molecule has 0 unspecified atom stereocenters. The summed E-state index contributed by atoms with van der Waals surface area (Å²) in [5, 5.41) is 13.1. The minimum absolute atomic E-state index is 0. The van der Waals surface area contributed by atoms with E-state index in [1.807, 2.05) is 0 Å². The van der Waals surface area contributed by atoms with E-state index in [1.54, 1.807) is 11.0 Å². The van der Waals surface area contributed by atoms with Gasteiger partial charge in [0.1, 0.15) is 11.5 Å². The molecule has 2 N–H and O–H groups in total. The molecule has 134 valence electrons. The van der Waals surface area contributed by atoms with Gasteiger partial charge in [-0.05, 0) is 6.07 Å². The van der Waals surface area contributed by atoms with E-state index in [2.05, 4.69) is 5.32 Å². The average molecular weight is 377 g/mol. The lowest BCUT2D eigenvalue weighted by atomic mass is 9.99. The van der Waals surface area contributed by atoms with Gasteiger partial charge in [0.05, 0.1) is 13.5 Å². The van der Waals surface area contributed by atoms with E-state index in [0.717, 1.165) is 0 Å². The second kappa shape index (κ2) is 9.42. The van der Waals surface area contributed by atoms with E-state index < -0.39 is 18.6 Å². The molecule has 0 aliphatic carbocycles. The van der Waals surface area contributed by atoms with Crippen molar-refractivity contribution in [1.29, 1.82) is 0 Å². The summed E-state index contributed by atoms with van der Waals surface area (Å²) in [6, 6.07) is 3.55. The monoisotopic (exact) mass is 376 g/mol. The highest BCUT2D eigenvalue weighted by molar-refractivity contribution is 5.85. The van der Waals surface area contributed by atoms with Gasteiger partial charge < -0.3 is 15.2 Å². The Bertz CT molecular complexity index is 484. The third kappa shape index (κ3) is 6.25. The van der Waals surface area contributed by atoms with Crippen LogP contribution in [-0.2, 0) is 0 Å². The summed E-state index contributed by atoms with van der Waals surface area (Å²) in [6.45, 7) is 2.33. The van der Waals surface area contributed by atoms with Crippen LogP contribution in [0.5, 0.6) is 11.5 Å². The van der Waals surface area contributed by atoms with Crippen molar-refractivity contribution in [2.75, 3.05) is 33.3 Å². The summed E-state index contributed by atoms with van der Waals surface area (Å²) < 4.78 is 43.6. The maximum Gasteiger partial charge on any atom is 0.390 e. The van der Waals surface area contributed by atoms with E-state index in [9.17, 15) is 18.3 Å². The first kappa shape index (κ1) is 22.1. The molecular formula is C14H21Cl2F3N2O2. The number of hydrogen-bond acceptors (Lipinski definition) is 4. The van der Waals surface area contributed by atoms with Crippen molar-refractivity contribution in [3.8, 4) is 11.5 Å². The van der Waals surface area contributed by atoms with Crippen molar-refractivity contribution >= 4 is 24.8 Å². The summed E-state index contributed by atoms with van der Waals surface area (Å²) in [4.78, 5) is 1.76. The van der Waals surface area contributed by atoms with Crippen LogP contribution < -0.4 is 10.1 Å². The third-order valence-electron chi connectivity index (χ3n) is 3.61. The van der Waals surface area contributed by atoms with Crippen LogP contribution in [0.1, 0.15) is 18.0 Å². The molecule has 9 heteroatoms. The highest BCUT2D eigenvalue weighted by Gasteiger charge is 2.37. The van der Waals surface area contributed by atoms with Crippen molar-refractivity contribution < 1.29 is 23.0 Å². The number of ether oxygens (including phenoxy) is 1. The molecule has 0 radical (unpaired) electrons. The summed E-state index contributed by atoms with van der Waals surface area (Å²) >= 11 is 0. The number of methoxy groups -OCH3 is 1. The molecule has 1 atom stereocenters. The lowest BCUT2D eigenvalue weighted by Gasteiger charge is -2.36. The molecule has 2 rings (SSSR count). The van der Waals surface area contributed by atoms with Crippen LogP contribution in [0.4, 0.5) is 13.2 Å². The fourth-order valence-corrected chi connectivity index (χ4v) is 2.58. The molecule has 0 spiro atoms. The topological polar surface area (TPSA) is 44.7 Å². The Labute approximate surface area is 145 Å². The maximum atomic E-state index is 12.9. The second-order valence-electron chi connectivity index (χ2n) is 5.05. The van der Waals surface area contributed by atoms with Crippen molar-refractivity contribution in [2.24, 2.45) is 0 Å². The van der Waals surface area contributed by atoms with Crippen LogP contribution in [0, 0.1) is 0 Å². The molecule has 1 aliphatic heterocycles. The Hall–Kier alpha value is -0.890. The van der Waals surface area contributed by atoms with Crippen LogP contribution in [-0.4, -0.2) is 49.5 Å². The number of piperazine rings is 1. The quantitative estimate of drug-likeness (QED) is 0.847. The number of phenolic OH excluding ortho intramolecular Hbond substituents is 1. The lowest BCUT2D eigenvalue weighted by molar-refractivity contribution is -0.148. The van der Waals surface area contributed by atoms with Gasteiger partial charge in [-0.1, -0.05) is 6.07 Å². The van der Waals surface area contributed by atoms with Crippen LogP contribution in [0.3, 0.4) is 0 Å². The molecule has 1 heterocycles. The highest BCUT2D eigenvalue weighted by Crippen LogP contribution is 2.38. The first-order valence-electron chi connectivity index (χ1n) is 6.79. The molecule has 0 saturated carbocycles. The molecule has 1 aromatic carbocycles. The van der Waals surface area contributed by atoms with E-state index in [1.165, 1.54) is 19.2 Å². The fourth-order valence-electron chi connectivity index (χ4n) is 2.58. The summed E-state index contributed by atoms with van der Waals surface area (Å²) in [5.74, 6) is 0.254. The van der Waals surface area contributed by atoms with Gasteiger partial charge in [-0.25, -0.2) is 0 Å². The lowest BCUT2D eigenvalue weighted by Crippen LogP contribution is -2.46. The number of aromatic hydroxyl groups is 1. The molecule has 1 fully saturated rings. The zero-order valence-corrected chi connectivity index (χ0v) is 14.2. The van der Waals surface area contributed by atoms with E-state index in [-0.39, 0.29) is 36.1 Å². The predicted octanol–water partition coefficient (Wildman–Crippen LogP) is 3.14. The number of halogens is 5. The van der Waals surface area contributed by atoms with Crippen molar-refractivity contribution in [1.82, 2.24) is 10.2 Å². The van der Waals surface area contributed by atoms with Crippen molar-refractivity contribution in [2.45, 2.75) is 18.6 Å². The Morgan fingerprint density at radius 3 is 2.35 bits per heavy atom. The van der Waals surface area contributed by atoms with Gasteiger partial charge in [0, 0.05) is 43.9 Å². The largest absolute Gasteiger partial charge is 0.507 e. The first-order chi connectivity index (χ1) is 9.90. The van der Waals surface area contributed by atoms with Crippen molar-refractivity contribution in [3.05, 3.63) is 23.8 Å². The molecule has 23 heavy (non-hydrogen) atoms. The molecule has 1 aliphatic rings. The molecule has 1 saturated heterocycles. The molecular weight excluding hydrogens is 356 g/mol. The van der Waals surface area contributed by atoms with Crippen LogP contribution >= 0.6 is 24.8 Å². The fraction of sp³-hybridized carbons (Fsp3) is 0.571. The zero-order valence-electron chi connectivity index (χ0n) is 12.6. The van der Waals surface area contributed by atoms with E-state index in [0.29, 0.717) is 31.9 Å². The summed E-state index contributed by atoms with van der Waals surface area (Å²) in [5.41, 5.74) is 0.287. The van der Waals surface area contributed by atoms with Crippen LogP contribution in [0.25, 0.3) is 0 Å². The third-order valence-corrected chi connectivity index (χ3v) is 3.61. The second-order valence-corrected chi connectivity index (χ2v) is 5.05. The number of nitrogens with one attached hydrogen (secondary N) is 1. The minimum atomic E-state index is -4.29. The number of benzene rings is 1. The maximum absolute atomic E-state index is 12.9. The predicted molar refractivity (Wildman–Crippen MR) is 87.0 cm³/mol. The van der Waals surface area contributed by atoms with E-state index in [4.69, 9.17) is 4.74 Å². The van der Waals surface area contributed by atoms with Gasteiger partial charge >= 0.3 is 6.18 Å². The number of nitrogens with zero attached hydrogens (tertiary/aromatic N) is 1. The molecule has 0 aromatic heterocycles. The molecule has 0 amide bonds. The highest BCUT2D eigenvalue weighted by atomic mass is 35.5. The van der Waals surface area contributed by atoms with Gasteiger partial charge in [0.15, 0.2) is 0 Å². The molecule has 4 nitrogen and oxygen atoms in total. The van der Waals surface area contributed by atoms with Crippen LogP contribution in [0.2, 0.25) is 0 Å². The summed E-state index contributed by atoms with van der Waals surface area (Å²) in [7, 11) is 1.44. The van der Waals surface area contributed by atoms with Gasteiger partial charge in [-0.15, -0.1) is 24.8 Å². The Kier molecular flexibility index (Phi) is 9.05. The molecule has 1 aromatic rings. The average Bonchev–Trinajstić information content (AvgIpc) is 2.45. The van der Waals surface area contributed by atoms with Gasteiger partial charge in [-0.3, -0.25) is 4.90 Å². The molecule has 0 bridgehead atoms. The normalized spacial score (nSPS) is 16.9. The smallest absolute Gasteiger partial charge is 0.390 e. The number of rotatable bonds is 4. The first-order valence-corrected chi connectivity index (χ1v) is 6.79. The number of phenols is 1. The zero-order chi connectivity index (χ0) is 15.5. The standard InChI is InChI=1S/C14H19F3N2O2.2ClH/c1-21-10-2-3-11(13(20)8-10)12(9-14(15,16)17)19-6-4-18-5-7-19;;/h2-3,8,12,18,20H,4-7,9H2,1H3;2*1H/t12-;;/m1../s1. The Morgan fingerprint density at radius 2 is 1.87 bits per heavy atom. The SMILES string of the molecule is COc1ccc([C@@H](CC(F)(F)F)N2CCNCC2)c(O)c1.Cl.Cl. The summed E-state index contributed by atoms with van der Waals surface area (Å²) in [6.07, 6.45) is -5.27. The van der Waals surface area contributed by atoms with Crippen molar-refractivity contribution in [3.63, 3.8) is 0 Å².